The second-order valence-electron chi connectivity index (χ2n) is 4.18. The number of aromatic hydroxyl groups is 1. The van der Waals surface area contributed by atoms with Crippen LogP contribution in [0.15, 0.2) is 28.9 Å². The Morgan fingerprint density at radius 2 is 2.26 bits per heavy atom. The summed E-state index contributed by atoms with van der Waals surface area (Å²) in [5.41, 5.74) is -0.0401. The van der Waals surface area contributed by atoms with E-state index in [4.69, 9.17) is 4.74 Å². The second kappa shape index (κ2) is 6.02. The van der Waals surface area contributed by atoms with Crippen molar-refractivity contribution in [2.24, 2.45) is 0 Å². The normalized spacial score (nSPS) is 10.6. The van der Waals surface area contributed by atoms with Crippen LogP contribution in [0.3, 0.4) is 0 Å². The van der Waals surface area contributed by atoms with Gasteiger partial charge in [0, 0.05) is 21.4 Å². The molecule has 0 saturated carbocycles. The first-order valence-electron chi connectivity index (χ1n) is 6.08. The van der Waals surface area contributed by atoms with Crippen LogP contribution in [0.2, 0.25) is 0 Å². The van der Waals surface area contributed by atoms with E-state index in [0.717, 1.165) is 22.7 Å². The molecule has 0 spiro atoms. The van der Waals surface area contributed by atoms with Gasteiger partial charge in [-0.05, 0) is 18.6 Å². The summed E-state index contributed by atoms with van der Waals surface area (Å²) < 4.78 is 5.88. The summed E-state index contributed by atoms with van der Waals surface area (Å²) in [4.78, 5) is 15.8. The van der Waals surface area contributed by atoms with Crippen LogP contribution in [0.1, 0.15) is 30.3 Å². The predicted molar refractivity (Wildman–Crippen MR) is 76.3 cm³/mol. The van der Waals surface area contributed by atoms with Gasteiger partial charge in [-0.1, -0.05) is 35.3 Å². The molecule has 1 aromatic carbocycles. The highest BCUT2D eigenvalue weighted by Crippen LogP contribution is 2.29. The molecule has 2 rings (SSSR count). The molecule has 0 bridgehead atoms. The fourth-order valence-corrected chi connectivity index (χ4v) is 2.06. The molecule has 1 heterocycles. The lowest BCUT2D eigenvalue weighted by atomic mass is 10.1. The van der Waals surface area contributed by atoms with Crippen molar-refractivity contribution in [3.05, 3.63) is 34.6 Å². The van der Waals surface area contributed by atoms with Gasteiger partial charge in [-0.3, -0.25) is 0 Å². The zero-order valence-corrected chi connectivity index (χ0v) is 12.1. The van der Waals surface area contributed by atoms with Crippen molar-refractivity contribution in [2.45, 2.75) is 19.8 Å². The van der Waals surface area contributed by atoms with Crippen molar-refractivity contribution in [1.82, 2.24) is 4.98 Å². The Bertz CT molecular complexity index is 613. The third kappa shape index (κ3) is 3.04. The van der Waals surface area contributed by atoms with Crippen LogP contribution < -0.4 is 0 Å². The lowest BCUT2D eigenvalue weighted by Crippen LogP contribution is -2.08. The first-order valence-corrected chi connectivity index (χ1v) is 6.87. The number of ether oxygens (including phenoxy) is 1. The molecule has 0 aliphatic rings. The van der Waals surface area contributed by atoms with Crippen LogP contribution in [0.25, 0.3) is 10.8 Å². The fraction of sp³-hybridized carbons (Fsp3) is 0.286. The number of hydrogen-bond acceptors (Lipinski definition) is 4. The van der Waals surface area contributed by atoms with Crippen molar-refractivity contribution in [3.8, 4) is 5.75 Å². The maximum atomic E-state index is 11.8. The minimum atomic E-state index is -0.590. The molecule has 4 nitrogen and oxygen atoms in total. The summed E-state index contributed by atoms with van der Waals surface area (Å²) in [5.74, 6) is -0.729. The van der Waals surface area contributed by atoms with Gasteiger partial charge in [-0.2, -0.15) is 0 Å². The molecule has 1 aromatic heterocycles. The third-order valence-electron chi connectivity index (χ3n) is 2.75. The summed E-state index contributed by atoms with van der Waals surface area (Å²) >= 11 is 3.33. The number of unbranched alkanes of at least 4 members (excludes halogenated alkanes) is 1. The highest BCUT2D eigenvalue weighted by atomic mass is 79.9. The number of carbonyl (C=O) groups excluding carboxylic acids is 1. The van der Waals surface area contributed by atoms with Crippen molar-refractivity contribution in [2.75, 3.05) is 6.61 Å². The van der Waals surface area contributed by atoms with E-state index in [9.17, 15) is 9.90 Å². The van der Waals surface area contributed by atoms with Crippen LogP contribution in [0, 0.1) is 0 Å². The predicted octanol–water partition coefficient (Wildman–Crippen LogP) is 3.66. The molecule has 0 aliphatic carbocycles. The fourth-order valence-electron chi connectivity index (χ4n) is 1.70. The van der Waals surface area contributed by atoms with E-state index in [1.807, 2.05) is 19.1 Å². The van der Waals surface area contributed by atoms with Gasteiger partial charge in [0.2, 0.25) is 0 Å². The minimum absolute atomic E-state index is 0.0401. The number of aromatic nitrogens is 1. The molecule has 19 heavy (non-hydrogen) atoms. The van der Waals surface area contributed by atoms with Crippen molar-refractivity contribution >= 4 is 32.7 Å². The molecule has 0 aliphatic heterocycles. The Morgan fingerprint density at radius 3 is 3.00 bits per heavy atom. The third-order valence-corrected chi connectivity index (χ3v) is 3.25. The molecule has 0 atom stereocenters. The van der Waals surface area contributed by atoms with Gasteiger partial charge >= 0.3 is 5.97 Å². The average Bonchev–Trinajstić information content (AvgIpc) is 2.40. The van der Waals surface area contributed by atoms with E-state index < -0.39 is 5.97 Å². The molecule has 0 fully saturated rings. The Labute approximate surface area is 119 Å². The van der Waals surface area contributed by atoms with Gasteiger partial charge < -0.3 is 9.84 Å². The Hall–Kier alpha value is -1.62. The number of pyridine rings is 1. The van der Waals surface area contributed by atoms with Crippen LogP contribution in [-0.4, -0.2) is 22.7 Å². The average molecular weight is 324 g/mol. The number of hydrogen-bond donors (Lipinski definition) is 1. The molecular weight excluding hydrogens is 310 g/mol. The molecule has 0 unspecified atom stereocenters. The molecule has 5 heteroatoms. The number of nitrogens with zero attached hydrogens (tertiary/aromatic N) is 1. The molecule has 0 saturated heterocycles. The van der Waals surface area contributed by atoms with Crippen LogP contribution in [-0.2, 0) is 4.74 Å². The van der Waals surface area contributed by atoms with E-state index >= 15 is 0 Å². The van der Waals surface area contributed by atoms with E-state index in [1.54, 1.807) is 12.3 Å². The van der Waals surface area contributed by atoms with Crippen molar-refractivity contribution < 1.29 is 14.6 Å². The topological polar surface area (TPSA) is 59.4 Å². The summed E-state index contributed by atoms with van der Waals surface area (Å²) in [6.07, 6.45) is 3.29. The first kappa shape index (κ1) is 13.8. The SMILES string of the molecule is CCCCOC(=O)c1ncc2ccc(Br)cc2c1O. The van der Waals surface area contributed by atoms with Crippen molar-refractivity contribution in [1.29, 1.82) is 0 Å². The van der Waals surface area contributed by atoms with Gasteiger partial charge in [-0.25, -0.2) is 9.78 Å². The number of fused-ring (bicyclic) bond motifs is 1. The van der Waals surface area contributed by atoms with E-state index in [2.05, 4.69) is 20.9 Å². The molecule has 1 N–H and O–H groups in total. The van der Waals surface area contributed by atoms with Crippen LogP contribution >= 0.6 is 15.9 Å². The smallest absolute Gasteiger partial charge is 0.360 e. The number of rotatable bonds is 4. The molecular formula is C14H14BrNO3. The zero-order valence-electron chi connectivity index (χ0n) is 10.5. The number of carbonyl (C=O) groups is 1. The van der Waals surface area contributed by atoms with Gasteiger partial charge in [0.25, 0.3) is 0 Å². The largest absolute Gasteiger partial charge is 0.505 e. The standard InChI is InChI=1S/C14H14BrNO3/c1-2-3-6-19-14(18)12-13(17)11-7-10(15)5-4-9(11)8-16-12/h4-5,7-8,17H,2-3,6H2,1H3. The maximum absolute atomic E-state index is 11.8. The number of halogens is 1. The Morgan fingerprint density at radius 1 is 1.47 bits per heavy atom. The van der Waals surface area contributed by atoms with Gasteiger partial charge in [-0.15, -0.1) is 0 Å². The monoisotopic (exact) mass is 323 g/mol. The molecule has 2 aromatic rings. The molecule has 100 valence electrons. The summed E-state index contributed by atoms with van der Waals surface area (Å²) in [6.45, 7) is 2.35. The Balaban J connectivity index is 2.34. The summed E-state index contributed by atoms with van der Waals surface area (Å²) in [6, 6.07) is 5.41. The van der Waals surface area contributed by atoms with Gasteiger partial charge in [0.1, 0.15) is 0 Å². The highest BCUT2D eigenvalue weighted by molar-refractivity contribution is 9.10. The second-order valence-corrected chi connectivity index (χ2v) is 5.09. The molecule has 0 radical (unpaired) electrons. The minimum Gasteiger partial charge on any atom is -0.505 e. The first-order chi connectivity index (χ1) is 9.13. The highest BCUT2D eigenvalue weighted by Gasteiger charge is 2.17. The van der Waals surface area contributed by atoms with Gasteiger partial charge in [0.15, 0.2) is 11.4 Å². The number of esters is 1. The van der Waals surface area contributed by atoms with Crippen molar-refractivity contribution in [3.63, 3.8) is 0 Å². The Kier molecular flexibility index (Phi) is 4.37. The molecule has 0 amide bonds. The number of benzene rings is 1. The lowest BCUT2D eigenvalue weighted by Gasteiger charge is -2.07. The van der Waals surface area contributed by atoms with E-state index in [1.165, 1.54) is 0 Å². The zero-order chi connectivity index (χ0) is 13.8. The maximum Gasteiger partial charge on any atom is 0.360 e. The summed E-state index contributed by atoms with van der Waals surface area (Å²) in [5, 5.41) is 11.5. The van der Waals surface area contributed by atoms with Gasteiger partial charge in [0.05, 0.1) is 6.61 Å². The summed E-state index contributed by atoms with van der Waals surface area (Å²) in [7, 11) is 0. The van der Waals surface area contributed by atoms with Crippen LogP contribution in [0.5, 0.6) is 5.75 Å². The quantitative estimate of drug-likeness (QED) is 0.689. The van der Waals surface area contributed by atoms with E-state index in [-0.39, 0.29) is 11.4 Å². The lowest BCUT2D eigenvalue weighted by molar-refractivity contribution is 0.0489. The van der Waals surface area contributed by atoms with E-state index in [0.29, 0.717) is 12.0 Å². The van der Waals surface area contributed by atoms with Crippen LogP contribution in [0.4, 0.5) is 0 Å².